The van der Waals surface area contributed by atoms with Crippen LogP contribution >= 0.6 is 0 Å². The molecule has 61 valence electrons. The standard InChI is InChI=1S/C8H7O2.Rh/c9-8-6-4-2-1-3-5-7-10-8;/h1-5,7,9H;/q-1;. The van der Waals surface area contributed by atoms with Gasteiger partial charge in [0.2, 0.25) is 0 Å². The zero-order chi connectivity index (χ0) is 7.23. The van der Waals surface area contributed by atoms with Crippen molar-refractivity contribution < 1.29 is 29.0 Å². The predicted octanol–water partition coefficient (Wildman–Crippen LogP) is 1.91. The van der Waals surface area contributed by atoms with Gasteiger partial charge in [0.05, 0.1) is 6.26 Å². The summed E-state index contributed by atoms with van der Waals surface area (Å²) >= 11 is 0. The molecule has 0 unspecified atom stereocenters. The molecule has 1 radical (unpaired) electrons. The van der Waals surface area contributed by atoms with Crippen molar-refractivity contribution in [1.82, 2.24) is 0 Å². The van der Waals surface area contributed by atoms with Crippen molar-refractivity contribution in [2.45, 2.75) is 0 Å². The van der Waals surface area contributed by atoms with Gasteiger partial charge in [0.1, 0.15) is 0 Å². The molecule has 0 atom stereocenters. The summed E-state index contributed by atoms with van der Waals surface area (Å²) < 4.78 is 4.64. The topological polar surface area (TPSA) is 33.4 Å². The summed E-state index contributed by atoms with van der Waals surface area (Å²) in [4.78, 5) is 0. The molecule has 0 aromatic carbocycles. The van der Waals surface area contributed by atoms with Gasteiger partial charge in [0.25, 0.3) is 0 Å². The summed E-state index contributed by atoms with van der Waals surface area (Å²) in [5, 5.41) is 8.79. The molecule has 1 rings (SSSR count). The quantitative estimate of drug-likeness (QED) is 0.553. The van der Waals surface area contributed by atoms with Gasteiger partial charge in [-0.25, -0.2) is 12.1 Å². The molecule has 1 N–H and O–H groups in total. The molecular formula is C8H7O2Rh-. The first-order chi connectivity index (χ1) is 4.89. The maximum atomic E-state index is 8.79. The predicted molar refractivity (Wildman–Crippen MR) is 36.8 cm³/mol. The first-order valence-corrected chi connectivity index (χ1v) is 2.87. The van der Waals surface area contributed by atoms with Crippen molar-refractivity contribution in [3.8, 4) is 5.95 Å². The van der Waals surface area contributed by atoms with E-state index in [4.69, 9.17) is 5.11 Å². The molecule has 0 amide bonds. The minimum absolute atomic E-state index is 0. The van der Waals surface area contributed by atoms with Crippen molar-refractivity contribution in [3.63, 3.8) is 0 Å². The fourth-order valence-electron chi connectivity index (χ4n) is 0.486. The third-order valence-electron chi connectivity index (χ3n) is 0.895. The van der Waals surface area contributed by atoms with Gasteiger partial charge in [-0.1, -0.05) is 6.07 Å². The van der Waals surface area contributed by atoms with Crippen molar-refractivity contribution in [2.24, 2.45) is 0 Å². The molecule has 0 fully saturated rings. The van der Waals surface area contributed by atoms with Gasteiger partial charge < -0.3 is 9.52 Å². The Kier molecular flexibility index (Phi) is 5.49. The number of aromatic hydroxyl groups is 1. The molecule has 3 heteroatoms. The second-order valence-electron chi connectivity index (χ2n) is 1.64. The fraction of sp³-hybridized carbons (Fsp3) is 0. The molecule has 1 heterocycles. The smallest absolute Gasteiger partial charge is 0.183 e. The third-order valence-corrected chi connectivity index (χ3v) is 0.895. The molecular weight excluding hydrogens is 231 g/mol. The van der Waals surface area contributed by atoms with Gasteiger partial charge in [0.15, 0.2) is 5.95 Å². The van der Waals surface area contributed by atoms with E-state index in [1.54, 1.807) is 24.3 Å². The van der Waals surface area contributed by atoms with E-state index in [1.165, 1.54) is 6.26 Å². The van der Waals surface area contributed by atoms with E-state index in [2.05, 4.69) is 10.5 Å². The van der Waals surface area contributed by atoms with Crippen molar-refractivity contribution in [3.05, 3.63) is 42.7 Å². The Balaban J connectivity index is 0.000001000. The van der Waals surface area contributed by atoms with E-state index in [1.807, 2.05) is 6.07 Å². The Hall–Kier alpha value is -0.817. The maximum absolute atomic E-state index is 8.79. The zero-order valence-corrected chi connectivity index (χ0v) is 7.29. The van der Waals surface area contributed by atoms with Crippen LogP contribution in [0, 0.1) is 6.07 Å². The monoisotopic (exact) mass is 238 g/mol. The van der Waals surface area contributed by atoms with E-state index in [0.29, 0.717) is 0 Å². The van der Waals surface area contributed by atoms with Gasteiger partial charge in [-0.05, 0) is 6.07 Å². The fourth-order valence-corrected chi connectivity index (χ4v) is 0.486. The van der Waals surface area contributed by atoms with Crippen molar-refractivity contribution >= 4 is 0 Å². The molecule has 0 saturated heterocycles. The molecule has 0 bridgehead atoms. The number of hydrogen-bond acceptors (Lipinski definition) is 2. The second-order valence-corrected chi connectivity index (χ2v) is 1.64. The zero-order valence-electron chi connectivity index (χ0n) is 5.65. The molecule has 0 aliphatic carbocycles. The van der Waals surface area contributed by atoms with Gasteiger partial charge in [-0.3, -0.25) is 0 Å². The molecule has 1 aromatic rings. The molecule has 0 aliphatic heterocycles. The van der Waals surface area contributed by atoms with Crippen LogP contribution in [0.5, 0.6) is 5.95 Å². The van der Waals surface area contributed by atoms with Crippen LogP contribution in [-0.4, -0.2) is 5.11 Å². The van der Waals surface area contributed by atoms with Crippen LogP contribution < -0.4 is 0 Å². The van der Waals surface area contributed by atoms with Crippen LogP contribution in [0.3, 0.4) is 0 Å². The Labute approximate surface area is 77.9 Å². The minimum atomic E-state index is -0.226. The van der Waals surface area contributed by atoms with Gasteiger partial charge in [-0.15, -0.1) is 6.07 Å². The summed E-state index contributed by atoms with van der Waals surface area (Å²) in [6.45, 7) is 0. The van der Waals surface area contributed by atoms with E-state index in [9.17, 15) is 0 Å². The summed E-state index contributed by atoms with van der Waals surface area (Å²) in [6, 6.07) is 11.1. The van der Waals surface area contributed by atoms with Crippen LogP contribution in [0.1, 0.15) is 0 Å². The molecule has 2 nitrogen and oxygen atoms in total. The summed E-state index contributed by atoms with van der Waals surface area (Å²) in [6.07, 6.45) is 1.38. The number of hydrogen-bond donors (Lipinski definition) is 1. The SMILES string of the molecule is Oc1[c-]cccccco1.[Rh]. The summed E-state index contributed by atoms with van der Waals surface area (Å²) in [5.74, 6) is -0.226. The number of rotatable bonds is 0. The average Bonchev–Trinajstić information content (AvgIpc) is 2.02. The van der Waals surface area contributed by atoms with Gasteiger partial charge >= 0.3 is 0 Å². The van der Waals surface area contributed by atoms with Gasteiger partial charge in [0, 0.05) is 19.5 Å². The van der Waals surface area contributed by atoms with Crippen LogP contribution in [-0.2, 0) is 19.5 Å². The normalized spacial score (nSPS) is 7.64. The third kappa shape index (κ3) is 4.57. The van der Waals surface area contributed by atoms with E-state index >= 15 is 0 Å². The molecule has 0 saturated carbocycles. The van der Waals surface area contributed by atoms with Gasteiger partial charge in [-0.2, -0.15) is 6.07 Å². The molecule has 0 spiro atoms. The van der Waals surface area contributed by atoms with Crippen LogP contribution in [0.15, 0.2) is 41.0 Å². The second kappa shape index (κ2) is 5.93. The van der Waals surface area contributed by atoms with E-state index in [-0.39, 0.29) is 25.4 Å². The minimum Gasteiger partial charge on any atom is -0.495 e. The van der Waals surface area contributed by atoms with Crippen molar-refractivity contribution in [2.75, 3.05) is 0 Å². The molecule has 0 aliphatic rings. The van der Waals surface area contributed by atoms with E-state index < -0.39 is 0 Å². The van der Waals surface area contributed by atoms with E-state index in [0.717, 1.165) is 0 Å². The van der Waals surface area contributed by atoms with Crippen LogP contribution in [0.4, 0.5) is 0 Å². The Morgan fingerprint density at radius 3 is 2.73 bits per heavy atom. The summed E-state index contributed by atoms with van der Waals surface area (Å²) in [5.41, 5.74) is 0. The van der Waals surface area contributed by atoms with Crippen LogP contribution in [0.2, 0.25) is 0 Å². The average molecular weight is 238 g/mol. The first kappa shape index (κ1) is 10.2. The summed E-state index contributed by atoms with van der Waals surface area (Å²) in [7, 11) is 0. The van der Waals surface area contributed by atoms with Crippen LogP contribution in [0.25, 0.3) is 0 Å². The first-order valence-electron chi connectivity index (χ1n) is 2.87. The largest absolute Gasteiger partial charge is 0.495 e. The Morgan fingerprint density at radius 1 is 1.18 bits per heavy atom. The molecule has 1 aromatic heterocycles. The maximum Gasteiger partial charge on any atom is 0.183 e. The van der Waals surface area contributed by atoms with Crippen molar-refractivity contribution in [1.29, 1.82) is 0 Å². The molecule has 11 heavy (non-hydrogen) atoms. The Morgan fingerprint density at radius 2 is 1.91 bits per heavy atom. The Bertz CT molecular complexity index is 220.